The molecule has 1 aromatic heterocycles. The van der Waals surface area contributed by atoms with Gasteiger partial charge in [0.25, 0.3) is 0 Å². The van der Waals surface area contributed by atoms with E-state index in [4.69, 9.17) is 11.1 Å². The lowest BCUT2D eigenvalue weighted by atomic mass is 10.2. The molecule has 2 aliphatic rings. The number of nitrogens with zero attached hydrogens (tertiary/aromatic N) is 3. The fourth-order valence-corrected chi connectivity index (χ4v) is 2.58. The van der Waals surface area contributed by atoms with Crippen LogP contribution in [0.4, 0.5) is 5.82 Å². The number of nitrogen functional groups attached to an aromatic ring is 1. The molecule has 2 heterocycles. The fourth-order valence-electron chi connectivity index (χ4n) is 2.58. The molecule has 0 amide bonds. The molecule has 0 spiro atoms. The highest BCUT2D eigenvalue weighted by Gasteiger charge is 2.26. The number of anilines is 1. The van der Waals surface area contributed by atoms with Crippen molar-refractivity contribution >= 4 is 11.7 Å². The van der Waals surface area contributed by atoms with Crippen molar-refractivity contribution in [3.63, 3.8) is 0 Å². The van der Waals surface area contributed by atoms with Crippen molar-refractivity contribution < 1.29 is 0 Å². The molecule has 0 unspecified atom stereocenters. The lowest BCUT2D eigenvalue weighted by molar-refractivity contribution is 0.247. The molecule has 102 valence electrons. The zero-order valence-corrected chi connectivity index (χ0v) is 11.2. The minimum atomic E-state index is 0.107. The van der Waals surface area contributed by atoms with Crippen LogP contribution in [-0.4, -0.2) is 48.4 Å². The molecule has 3 rings (SSSR count). The van der Waals surface area contributed by atoms with Crippen molar-refractivity contribution in [3.8, 4) is 0 Å². The monoisotopic (exact) mass is 259 g/mol. The van der Waals surface area contributed by atoms with Crippen LogP contribution in [0.5, 0.6) is 0 Å². The van der Waals surface area contributed by atoms with Gasteiger partial charge in [-0.2, -0.15) is 0 Å². The Balaban J connectivity index is 1.60. The molecule has 0 aromatic carbocycles. The summed E-state index contributed by atoms with van der Waals surface area (Å²) in [7, 11) is 0. The van der Waals surface area contributed by atoms with Gasteiger partial charge < -0.3 is 10.6 Å². The Morgan fingerprint density at radius 2 is 2.05 bits per heavy atom. The summed E-state index contributed by atoms with van der Waals surface area (Å²) < 4.78 is 0. The summed E-state index contributed by atoms with van der Waals surface area (Å²) in [6.07, 6.45) is 4.58. The summed E-state index contributed by atoms with van der Waals surface area (Å²) >= 11 is 0. The Kier molecular flexibility index (Phi) is 3.38. The van der Waals surface area contributed by atoms with Gasteiger partial charge in [-0.25, -0.2) is 4.98 Å². The lowest BCUT2D eigenvalue weighted by Gasteiger charge is -2.35. The van der Waals surface area contributed by atoms with Crippen LogP contribution in [0.2, 0.25) is 0 Å². The maximum atomic E-state index is 7.49. The van der Waals surface area contributed by atoms with Crippen LogP contribution in [0.3, 0.4) is 0 Å². The highest BCUT2D eigenvalue weighted by Crippen LogP contribution is 2.30. The number of rotatable bonds is 4. The molecule has 0 bridgehead atoms. The standard InChI is InChI=1S/C14H21N5/c15-14(16)12-3-4-17-13(9-12)19-7-5-18(6-8-19)10-11-1-2-11/h3-4,9,11H,1-2,5-8,10H2,(H3,15,16). The van der Waals surface area contributed by atoms with E-state index in [9.17, 15) is 0 Å². The SMILES string of the molecule is N=C(N)c1ccnc(N2CCN(CC3CC3)CC2)c1. The summed E-state index contributed by atoms with van der Waals surface area (Å²) in [6.45, 7) is 5.53. The third-order valence-electron chi connectivity index (χ3n) is 3.97. The van der Waals surface area contributed by atoms with Crippen molar-refractivity contribution in [1.82, 2.24) is 9.88 Å². The van der Waals surface area contributed by atoms with Crippen LogP contribution < -0.4 is 10.6 Å². The van der Waals surface area contributed by atoms with Gasteiger partial charge in [-0.1, -0.05) is 0 Å². The van der Waals surface area contributed by atoms with Gasteiger partial charge in [0.05, 0.1) is 0 Å². The summed E-state index contributed by atoms with van der Waals surface area (Å²) in [5.74, 6) is 2.01. The Morgan fingerprint density at radius 1 is 1.32 bits per heavy atom. The Hall–Kier alpha value is -1.62. The maximum absolute atomic E-state index is 7.49. The summed E-state index contributed by atoms with van der Waals surface area (Å²) in [4.78, 5) is 9.25. The first kappa shape index (κ1) is 12.4. The predicted molar refractivity (Wildman–Crippen MR) is 76.6 cm³/mol. The molecule has 1 saturated carbocycles. The Bertz CT molecular complexity index is 461. The second-order valence-electron chi connectivity index (χ2n) is 5.55. The van der Waals surface area contributed by atoms with Crippen LogP contribution in [0.1, 0.15) is 18.4 Å². The van der Waals surface area contributed by atoms with E-state index in [2.05, 4.69) is 14.8 Å². The zero-order chi connectivity index (χ0) is 13.2. The molecule has 0 radical (unpaired) electrons. The third-order valence-corrected chi connectivity index (χ3v) is 3.97. The van der Waals surface area contributed by atoms with Gasteiger partial charge in [0.2, 0.25) is 0 Å². The van der Waals surface area contributed by atoms with Crippen LogP contribution in [0.15, 0.2) is 18.3 Å². The molecule has 0 atom stereocenters. The van der Waals surface area contributed by atoms with Crippen molar-refractivity contribution in [3.05, 3.63) is 23.9 Å². The van der Waals surface area contributed by atoms with E-state index in [-0.39, 0.29) is 5.84 Å². The number of hydrogen-bond donors (Lipinski definition) is 2. The van der Waals surface area contributed by atoms with E-state index < -0.39 is 0 Å². The van der Waals surface area contributed by atoms with Gasteiger partial charge in [0.15, 0.2) is 0 Å². The number of aromatic nitrogens is 1. The van der Waals surface area contributed by atoms with Gasteiger partial charge >= 0.3 is 0 Å². The number of piperazine rings is 1. The topological polar surface area (TPSA) is 69.2 Å². The molecular formula is C14H21N5. The van der Waals surface area contributed by atoms with Gasteiger partial charge in [-0.05, 0) is 30.9 Å². The fraction of sp³-hybridized carbons (Fsp3) is 0.571. The molecule has 5 heteroatoms. The van der Waals surface area contributed by atoms with E-state index in [0.29, 0.717) is 0 Å². The average molecular weight is 259 g/mol. The first-order chi connectivity index (χ1) is 9.22. The van der Waals surface area contributed by atoms with Gasteiger partial charge in [0, 0.05) is 44.5 Å². The number of nitrogens with one attached hydrogen (secondary N) is 1. The summed E-state index contributed by atoms with van der Waals surface area (Å²) in [5.41, 5.74) is 6.28. The first-order valence-electron chi connectivity index (χ1n) is 7.00. The zero-order valence-electron chi connectivity index (χ0n) is 11.2. The van der Waals surface area contributed by atoms with Crippen molar-refractivity contribution in [2.75, 3.05) is 37.6 Å². The van der Waals surface area contributed by atoms with Crippen molar-refractivity contribution in [2.45, 2.75) is 12.8 Å². The molecule has 1 aromatic rings. The molecule has 2 fully saturated rings. The first-order valence-corrected chi connectivity index (χ1v) is 7.00. The molecule has 19 heavy (non-hydrogen) atoms. The van der Waals surface area contributed by atoms with Crippen LogP contribution >= 0.6 is 0 Å². The van der Waals surface area contributed by atoms with Gasteiger partial charge in [-0.3, -0.25) is 10.3 Å². The molecule has 1 saturated heterocycles. The molecular weight excluding hydrogens is 238 g/mol. The average Bonchev–Trinajstić information content (AvgIpc) is 3.24. The lowest BCUT2D eigenvalue weighted by Crippen LogP contribution is -2.47. The third kappa shape index (κ3) is 3.04. The Morgan fingerprint density at radius 3 is 2.68 bits per heavy atom. The molecule has 5 nitrogen and oxygen atoms in total. The molecule has 1 aliphatic carbocycles. The van der Waals surface area contributed by atoms with E-state index in [1.54, 1.807) is 12.3 Å². The molecule has 3 N–H and O–H groups in total. The normalized spacial score (nSPS) is 20.5. The van der Waals surface area contributed by atoms with Crippen LogP contribution in [0, 0.1) is 11.3 Å². The van der Waals surface area contributed by atoms with Gasteiger partial charge in [0.1, 0.15) is 11.7 Å². The van der Waals surface area contributed by atoms with Crippen LogP contribution in [-0.2, 0) is 0 Å². The number of nitrogens with two attached hydrogens (primary N) is 1. The van der Waals surface area contributed by atoms with Crippen LogP contribution in [0.25, 0.3) is 0 Å². The largest absolute Gasteiger partial charge is 0.384 e. The number of hydrogen-bond acceptors (Lipinski definition) is 4. The minimum absolute atomic E-state index is 0.107. The highest BCUT2D eigenvalue weighted by molar-refractivity contribution is 5.95. The highest BCUT2D eigenvalue weighted by atomic mass is 15.3. The van der Waals surface area contributed by atoms with E-state index in [1.165, 1.54) is 19.4 Å². The summed E-state index contributed by atoms with van der Waals surface area (Å²) in [5, 5.41) is 7.49. The second-order valence-corrected chi connectivity index (χ2v) is 5.55. The van der Waals surface area contributed by atoms with E-state index in [1.807, 2.05) is 6.07 Å². The predicted octanol–water partition coefficient (Wildman–Crippen LogP) is 0.898. The van der Waals surface area contributed by atoms with Crippen molar-refractivity contribution in [2.24, 2.45) is 11.7 Å². The smallest absolute Gasteiger partial charge is 0.129 e. The van der Waals surface area contributed by atoms with Gasteiger partial charge in [-0.15, -0.1) is 0 Å². The Labute approximate surface area is 113 Å². The van der Waals surface area contributed by atoms with Crippen molar-refractivity contribution in [1.29, 1.82) is 5.41 Å². The van der Waals surface area contributed by atoms with E-state index in [0.717, 1.165) is 43.5 Å². The van der Waals surface area contributed by atoms with E-state index >= 15 is 0 Å². The maximum Gasteiger partial charge on any atom is 0.129 e. The quantitative estimate of drug-likeness (QED) is 0.622. The summed E-state index contributed by atoms with van der Waals surface area (Å²) in [6, 6.07) is 3.70. The molecule has 1 aliphatic heterocycles. The minimum Gasteiger partial charge on any atom is -0.384 e. The number of pyridine rings is 1. The number of amidine groups is 1. The second kappa shape index (κ2) is 5.17.